The summed E-state index contributed by atoms with van der Waals surface area (Å²) in [6.45, 7) is 2.53. The lowest BCUT2D eigenvalue weighted by molar-refractivity contribution is -0.164. The topological polar surface area (TPSA) is 42.1 Å². The summed E-state index contributed by atoms with van der Waals surface area (Å²) in [5, 5.41) is 0. The summed E-state index contributed by atoms with van der Waals surface area (Å²) >= 11 is 0. The third-order valence-electron chi connectivity index (χ3n) is 6.97. The van der Waals surface area contributed by atoms with E-state index < -0.39 is 0 Å². The predicted molar refractivity (Wildman–Crippen MR) is 76.8 cm³/mol. The fourth-order valence-electron chi connectivity index (χ4n) is 6.01. The van der Waals surface area contributed by atoms with Gasteiger partial charge < -0.3 is 14.4 Å². The van der Waals surface area contributed by atoms with Gasteiger partial charge in [-0.05, 0) is 31.6 Å². The molecule has 4 aliphatic heterocycles. The molecule has 4 nitrogen and oxygen atoms in total. The number of piperidine rings is 1. The summed E-state index contributed by atoms with van der Waals surface area (Å²) in [7, 11) is 0. The van der Waals surface area contributed by atoms with Gasteiger partial charge in [-0.2, -0.15) is 0 Å². The molecule has 5 rings (SSSR count). The van der Waals surface area contributed by atoms with E-state index in [4.69, 9.17) is 9.47 Å². The summed E-state index contributed by atoms with van der Waals surface area (Å²) in [6, 6.07) is 0. The Hall–Kier alpha value is -0.610. The summed E-state index contributed by atoms with van der Waals surface area (Å²) < 4.78 is 12.2. The van der Waals surface area contributed by atoms with Crippen molar-refractivity contribution >= 4 is 5.91 Å². The fourth-order valence-corrected chi connectivity index (χ4v) is 6.01. The third-order valence-corrected chi connectivity index (χ3v) is 6.97. The van der Waals surface area contributed by atoms with Crippen LogP contribution in [0.25, 0.3) is 0 Å². The molecule has 4 heteroatoms. The van der Waals surface area contributed by atoms with Gasteiger partial charge in [-0.25, -0.2) is 0 Å². The number of ether oxygens (including phenoxy) is 2. The molecule has 5 atom stereocenters. The average molecular weight is 291 g/mol. The van der Waals surface area contributed by atoms with Crippen LogP contribution in [0.5, 0.6) is 0 Å². The van der Waals surface area contributed by atoms with Crippen LogP contribution >= 0.6 is 0 Å². The second kappa shape index (κ2) is 4.02. The van der Waals surface area contributed by atoms with Crippen LogP contribution in [0.4, 0.5) is 0 Å². The standard InChI is InChI=1S/C17H25NO3/c1-11(19)18-10-17-12(8-13(21-17)14-15(17)20-14)9-16(18)6-4-2-3-5-7-16/h12-15H,2-10H2,1H3/t12-,13-,14+,15+,17+/m0/s1. The number of carbonyl (C=O) groups is 1. The number of epoxide rings is 1. The van der Waals surface area contributed by atoms with Gasteiger partial charge in [-0.3, -0.25) is 4.79 Å². The highest BCUT2D eigenvalue weighted by Gasteiger charge is 2.76. The lowest BCUT2D eigenvalue weighted by Gasteiger charge is -2.54. The number of amides is 1. The van der Waals surface area contributed by atoms with Gasteiger partial charge in [0.25, 0.3) is 0 Å². The SMILES string of the molecule is CC(=O)N1C[C@@]23O[C@@H](C[C@H]2CC12CCCCCC2)[C@H]1O[C@H]13. The molecule has 1 amide bonds. The van der Waals surface area contributed by atoms with Crippen LogP contribution in [0.2, 0.25) is 0 Å². The molecular weight excluding hydrogens is 266 g/mol. The number of carbonyl (C=O) groups excluding carboxylic acids is 1. The Morgan fingerprint density at radius 2 is 1.95 bits per heavy atom. The molecule has 116 valence electrons. The zero-order valence-electron chi connectivity index (χ0n) is 12.8. The van der Waals surface area contributed by atoms with Crippen molar-refractivity contribution in [2.45, 2.75) is 87.7 Å². The second-order valence-electron chi connectivity index (χ2n) is 8.01. The third kappa shape index (κ3) is 1.56. The molecular formula is C17H25NO3. The van der Waals surface area contributed by atoms with E-state index in [0.29, 0.717) is 18.1 Å². The minimum absolute atomic E-state index is 0.122. The van der Waals surface area contributed by atoms with E-state index >= 15 is 0 Å². The normalized spacial score (nSPS) is 49.7. The molecule has 0 aromatic heterocycles. The summed E-state index contributed by atoms with van der Waals surface area (Å²) in [5.74, 6) is 0.848. The van der Waals surface area contributed by atoms with Gasteiger partial charge >= 0.3 is 0 Å². The molecule has 0 aromatic carbocycles. The maximum atomic E-state index is 12.4. The van der Waals surface area contributed by atoms with E-state index in [9.17, 15) is 4.79 Å². The monoisotopic (exact) mass is 291 g/mol. The van der Waals surface area contributed by atoms with E-state index in [1.807, 2.05) is 0 Å². The number of rotatable bonds is 0. The largest absolute Gasteiger partial charge is 0.364 e. The van der Waals surface area contributed by atoms with Gasteiger partial charge in [0.15, 0.2) is 0 Å². The van der Waals surface area contributed by atoms with Crippen LogP contribution in [-0.2, 0) is 14.3 Å². The predicted octanol–water partition coefficient (Wildman–Crippen LogP) is 2.26. The van der Waals surface area contributed by atoms with Crippen molar-refractivity contribution < 1.29 is 14.3 Å². The Kier molecular flexibility index (Phi) is 2.47. The average Bonchev–Trinajstić information content (AvgIpc) is 3.17. The van der Waals surface area contributed by atoms with Gasteiger partial charge in [0.05, 0.1) is 12.6 Å². The minimum Gasteiger partial charge on any atom is -0.364 e. The first-order valence-electron chi connectivity index (χ1n) is 8.76. The molecule has 0 N–H and O–H groups in total. The highest BCUT2D eigenvalue weighted by atomic mass is 16.7. The van der Waals surface area contributed by atoms with Gasteiger partial charge in [0, 0.05) is 12.5 Å². The number of likely N-dealkylation sites (tertiary alicyclic amines) is 1. The molecule has 1 aliphatic carbocycles. The summed E-state index contributed by atoms with van der Waals surface area (Å²) in [4.78, 5) is 14.6. The maximum Gasteiger partial charge on any atom is 0.220 e. The highest BCUT2D eigenvalue weighted by Crippen LogP contribution is 2.63. The van der Waals surface area contributed by atoms with Crippen LogP contribution in [-0.4, -0.2) is 46.8 Å². The second-order valence-corrected chi connectivity index (χ2v) is 8.01. The van der Waals surface area contributed by atoms with Crippen LogP contribution in [0.1, 0.15) is 58.3 Å². The minimum atomic E-state index is -0.154. The molecule has 2 spiro atoms. The van der Waals surface area contributed by atoms with E-state index in [0.717, 1.165) is 19.4 Å². The van der Waals surface area contributed by atoms with Crippen molar-refractivity contribution in [2.24, 2.45) is 5.92 Å². The Balaban J connectivity index is 1.51. The van der Waals surface area contributed by atoms with Crippen molar-refractivity contribution in [1.82, 2.24) is 4.90 Å². The number of fused-ring (bicyclic) bond motifs is 3. The molecule has 5 aliphatic rings. The highest BCUT2D eigenvalue weighted by molar-refractivity contribution is 5.74. The molecule has 2 bridgehead atoms. The van der Waals surface area contributed by atoms with Crippen LogP contribution in [0.15, 0.2) is 0 Å². The smallest absolute Gasteiger partial charge is 0.220 e. The Morgan fingerprint density at radius 1 is 1.19 bits per heavy atom. The Morgan fingerprint density at radius 3 is 2.62 bits per heavy atom. The number of hydrogen-bond acceptors (Lipinski definition) is 3. The first kappa shape index (κ1) is 12.9. The van der Waals surface area contributed by atoms with Crippen molar-refractivity contribution in [2.75, 3.05) is 6.54 Å². The van der Waals surface area contributed by atoms with Crippen molar-refractivity contribution in [3.63, 3.8) is 0 Å². The van der Waals surface area contributed by atoms with Gasteiger partial charge in [-0.15, -0.1) is 0 Å². The van der Waals surface area contributed by atoms with Crippen molar-refractivity contribution in [3.05, 3.63) is 0 Å². The molecule has 0 unspecified atom stereocenters. The van der Waals surface area contributed by atoms with E-state index in [1.165, 1.54) is 38.5 Å². The zero-order chi connectivity index (χ0) is 14.2. The Bertz CT molecular complexity index is 484. The van der Waals surface area contributed by atoms with Crippen LogP contribution in [0, 0.1) is 5.92 Å². The Labute approximate surface area is 126 Å². The first-order valence-corrected chi connectivity index (χ1v) is 8.76. The zero-order valence-corrected chi connectivity index (χ0v) is 12.8. The quantitative estimate of drug-likeness (QED) is 0.643. The lowest BCUT2D eigenvalue weighted by atomic mass is 9.65. The maximum absolute atomic E-state index is 12.4. The number of nitrogens with zero attached hydrogens (tertiary/aromatic N) is 1. The van der Waals surface area contributed by atoms with Crippen molar-refractivity contribution in [1.29, 1.82) is 0 Å². The van der Waals surface area contributed by atoms with Gasteiger partial charge in [-0.1, -0.05) is 25.7 Å². The van der Waals surface area contributed by atoms with Crippen LogP contribution < -0.4 is 0 Å². The summed E-state index contributed by atoms with van der Waals surface area (Å²) in [6.07, 6.45) is 10.8. The van der Waals surface area contributed by atoms with Gasteiger partial charge in [0.1, 0.15) is 17.8 Å². The molecule has 4 saturated heterocycles. The van der Waals surface area contributed by atoms with Gasteiger partial charge in [0.2, 0.25) is 5.91 Å². The van der Waals surface area contributed by atoms with E-state index in [2.05, 4.69) is 4.90 Å². The molecule has 0 radical (unpaired) electrons. The summed E-state index contributed by atoms with van der Waals surface area (Å²) in [5.41, 5.74) is -0.0327. The van der Waals surface area contributed by atoms with Crippen LogP contribution in [0.3, 0.4) is 0 Å². The first-order chi connectivity index (χ1) is 10.1. The fraction of sp³-hybridized carbons (Fsp3) is 0.941. The van der Waals surface area contributed by atoms with E-state index in [1.54, 1.807) is 6.92 Å². The molecule has 0 aromatic rings. The van der Waals surface area contributed by atoms with Crippen molar-refractivity contribution in [3.8, 4) is 0 Å². The molecule has 4 heterocycles. The van der Waals surface area contributed by atoms with E-state index in [-0.39, 0.29) is 23.2 Å². The number of hydrogen-bond donors (Lipinski definition) is 0. The molecule has 21 heavy (non-hydrogen) atoms. The molecule has 1 saturated carbocycles. The lowest BCUT2D eigenvalue weighted by Crippen LogP contribution is -2.65. The molecule has 5 fully saturated rings.